The fourth-order valence-electron chi connectivity index (χ4n) is 3.38. The van der Waals surface area contributed by atoms with Crippen LogP contribution in [0.4, 0.5) is 4.39 Å². The zero-order valence-corrected chi connectivity index (χ0v) is 15.6. The summed E-state index contributed by atoms with van der Waals surface area (Å²) in [6.45, 7) is 2.15. The van der Waals surface area contributed by atoms with Crippen LogP contribution in [0.1, 0.15) is 18.4 Å². The van der Waals surface area contributed by atoms with Crippen molar-refractivity contribution in [2.24, 2.45) is 5.41 Å². The number of hydrogen-bond donors (Lipinski definition) is 0. The summed E-state index contributed by atoms with van der Waals surface area (Å²) in [4.78, 5) is 0.104. The van der Waals surface area contributed by atoms with Gasteiger partial charge < -0.3 is 4.74 Å². The molecule has 1 aliphatic carbocycles. The second-order valence-corrected chi connectivity index (χ2v) is 8.74. The van der Waals surface area contributed by atoms with Gasteiger partial charge in [-0.05, 0) is 48.9 Å². The molecule has 0 unspecified atom stereocenters. The molecule has 0 saturated heterocycles. The predicted molar refractivity (Wildman–Crippen MR) is 96.1 cm³/mol. The second kappa shape index (κ2) is 6.99. The molecule has 1 saturated carbocycles. The van der Waals surface area contributed by atoms with Crippen LogP contribution in [0.15, 0.2) is 53.4 Å². The van der Waals surface area contributed by atoms with Crippen molar-refractivity contribution in [1.29, 1.82) is 5.26 Å². The maximum absolute atomic E-state index is 13.3. The van der Waals surface area contributed by atoms with Crippen LogP contribution in [-0.4, -0.2) is 26.9 Å². The Balaban J connectivity index is 2.05. The highest BCUT2D eigenvalue weighted by molar-refractivity contribution is 7.92. The summed E-state index contributed by atoms with van der Waals surface area (Å²) < 4.78 is 45.0. The van der Waals surface area contributed by atoms with Gasteiger partial charge in [0.15, 0.2) is 9.84 Å². The highest BCUT2D eigenvalue weighted by Gasteiger charge is 2.72. The van der Waals surface area contributed by atoms with E-state index in [1.165, 1.54) is 48.5 Å². The van der Waals surface area contributed by atoms with Crippen molar-refractivity contribution in [2.75, 3.05) is 13.2 Å². The lowest BCUT2D eigenvalue weighted by molar-refractivity contribution is 0.117. The molecule has 2 aromatic carbocycles. The molecule has 0 N–H and O–H groups in total. The molecule has 0 aliphatic heterocycles. The van der Waals surface area contributed by atoms with Gasteiger partial charge in [-0.2, -0.15) is 5.26 Å². The van der Waals surface area contributed by atoms with Crippen molar-refractivity contribution in [1.82, 2.24) is 0 Å². The van der Waals surface area contributed by atoms with E-state index in [4.69, 9.17) is 16.3 Å². The Morgan fingerprint density at radius 1 is 1.19 bits per heavy atom. The first-order valence-electron chi connectivity index (χ1n) is 8.10. The van der Waals surface area contributed by atoms with Crippen LogP contribution in [0, 0.1) is 22.6 Å². The van der Waals surface area contributed by atoms with E-state index in [2.05, 4.69) is 6.07 Å². The van der Waals surface area contributed by atoms with E-state index in [-0.39, 0.29) is 11.5 Å². The Labute approximate surface area is 157 Å². The highest BCUT2D eigenvalue weighted by atomic mass is 35.5. The molecule has 1 aliphatic rings. The summed E-state index contributed by atoms with van der Waals surface area (Å²) in [6.07, 6.45) is 0. The lowest BCUT2D eigenvalue weighted by atomic mass is 10.0. The monoisotopic (exact) mass is 393 g/mol. The molecule has 0 aromatic heterocycles. The van der Waals surface area contributed by atoms with Crippen molar-refractivity contribution in [3.63, 3.8) is 0 Å². The second-order valence-electron chi connectivity index (χ2n) is 6.24. The third-order valence-electron chi connectivity index (χ3n) is 4.72. The number of nitrogens with zero attached hydrogens (tertiary/aromatic N) is 1. The van der Waals surface area contributed by atoms with Crippen LogP contribution >= 0.6 is 11.6 Å². The molecule has 3 atom stereocenters. The minimum Gasteiger partial charge on any atom is -0.380 e. The van der Waals surface area contributed by atoms with E-state index in [9.17, 15) is 18.1 Å². The minimum atomic E-state index is -3.79. The van der Waals surface area contributed by atoms with Gasteiger partial charge in [-0.1, -0.05) is 23.7 Å². The number of ether oxygens (including phenoxy) is 1. The first-order valence-corrected chi connectivity index (χ1v) is 10.0. The summed E-state index contributed by atoms with van der Waals surface area (Å²) in [6, 6.07) is 13.6. The van der Waals surface area contributed by atoms with E-state index in [1.54, 1.807) is 6.92 Å². The molecule has 1 fully saturated rings. The van der Waals surface area contributed by atoms with E-state index < -0.39 is 32.2 Å². The van der Waals surface area contributed by atoms with Crippen LogP contribution in [0.5, 0.6) is 0 Å². The molecule has 4 nitrogen and oxygen atoms in total. The number of halogens is 2. The SMILES string of the molecule is CCOC[C@]1(C#N)[C@@H](c2ccc(F)cc2)[C@@H]1S(=O)(=O)c1ccc(Cl)cc1. The number of sulfone groups is 1. The number of hydrogen-bond acceptors (Lipinski definition) is 4. The minimum absolute atomic E-state index is 0.000467. The number of rotatable bonds is 6. The van der Waals surface area contributed by atoms with Crippen molar-refractivity contribution in [3.05, 3.63) is 64.9 Å². The topological polar surface area (TPSA) is 67.2 Å². The zero-order chi connectivity index (χ0) is 18.9. The zero-order valence-electron chi connectivity index (χ0n) is 14.0. The van der Waals surface area contributed by atoms with E-state index in [1.807, 2.05) is 0 Å². The fourth-order valence-corrected chi connectivity index (χ4v) is 5.82. The van der Waals surface area contributed by atoms with Crippen LogP contribution in [0.25, 0.3) is 0 Å². The average molecular weight is 394 g/mol. The quantitative estimate of drug-likeness (QED) is 0.744. The summed E-state index contributed by atoms with van der Waals surface area (Å²) >= 11 is 5.85. The lowest BCUT2D eigenvalue weighted by Gasteiger charge is -2.09. The van der Waals surface area contributed by atoms with Gasteiger partial charge in [-0.15, -0.1) is 0 Å². The van der Waals surface area contributed by atoms with Gasteiger partial charge in [-0.3, -0.25) is 0 Å². The van der Waals surface area contributed by atoms with Crippen LogP contribution < -0.4 is 0 Å². The molecule has 3 rings (SSSR count). The molecule has 7 heteroatoms. The van der Waals surface area contributed by atoms with Gasteiger partial charge in [0.05, 0.1) is 22.8 Å². The van der Waals surface area contributed by atoms with Crippen molar-refractivity contribution >= 4 is 21.4 Å². The number of nitriles is 1. The van der Waals surface area contributed by atoms with Gasteiger partial charge in [0.1, 0.15) is 11.2 Å². The van der Waals surface area contributed by atoms with Crippen molar-refractivity contribution in [2.45, 2.75) is 23.0 Å². The van der Waals surface area contributed by atoms with Crippen molar-refractivity contribution < 1.29 is 17.5 Å². The molecule has 136 valence electrons. The van der Waals surface area contributed by atoms with Crippen LogP contribution in [-0.2, 0) is 14.6 Å². The van der Waals surface area contributed by atoms with Gasteiger partial charge in [0, 0.05) is 17.5 Å². The Bertz CT molecular complexity index is 938. The van der Waals surface area contributed by atoms with Crippen molar-refractivity contribution in [3.8, 4) is 6.07 Å². The molecule has 0 radical (unpaired) electrons. The molecule has 2 aromatic rings. The van der Waals surface area contributed by atoms with E-state index in [0.29, 0.717) is 17.2 Å². The average Bonchev–Trinajstić information content (AvgIpc) is 3.31. The van der Waals surface area contributed by atoms with Crippen LogP contribution in [0.2, 0.25) is 5.02 Å². The maximum atomic E-state index is 13.3. The Morgan fingerprint density at radius 2 is 1.81 bits per heavy atom. The van der Waals surface area contributed by atoms with Gasteiger partial charge in [0.2, 0.25) is 0 Å². The van der Waals surface area contributed by atoms with Crippen LogP contribution in [0.3, 0.4) is 0 Å². The molecular formula is C19H17ClFNO3S. The molecule has 0 amide bonds. The van der Waals surface area contributed by atoms with Gasteiger partial charge in [-0.25, -0.2) is 12.8 Å². The lowest BCUT2D eigenvalue weighted by Crippen LogP contribution is -2.19. The molecule has 26 heavy (non-hydrogen) atoms. The Kier molecular flexibility index (Phi) is 5.07. The third kappa shape index (κ3) is 3.11. The summed E-state index contributed by atoms with van der Waals surface area (Å²) in [7, 11) is -3.79. The largest absolute Gasteiger partial charge is 0.380 e. The first-order chi connectivity index (χ1) is 12.4. The highest BCUT2D eigenvalue weighted by Crippen LogP contribution is 2.63. The maximum Gasteiger partial charge on any atom is 0.183 e. The predicted octanol–water partition coefficient (Wildman–Crippen LogP) is 3.97. The molecule has 0 heterocycles. The smallest absolute Gasteiger partial charge is 0.183 e. The Morgan fingerprint density at radius 3 is 2.35 bits per heavy atom. The van der Waals surface area contributed by atoms with E-state index in [0.717, 1.165) is 0 Å². The molecule has 0 bridgehead atoms. The molecular weight excluding hydrogens is 377 g/mol. The third-order valence-corrected chi connectivity index (χ3v) is 7.26. The fraction of sp³-hybridized carbons (Fsp3) is 0.316. The van der Waals surface area contributed by atoms with Gasteiger partial charge in [0.25, 0.3) is 0 Å². The molecule has 0 spiro atoms. The van der Waals surface area contributed by atoms with Gasteiger partial charge >= 0.3 is 0 Å². The standard InChI is InChI=1S/C19H17ClFNO3S/c1-2-25-12-19(11-22)17(13-3-7-15(21)8-4-13)18(19)26(23,24)16-9-5-14(20)6-10-16/h3-10,17-18H,2,12H2,1H3/t17-,18-,19+/m0/s1. The first kappa shape index (κ1) is 18.8. The number of benzene rings is 2. The summed E-state index contributed by atoms with van der Waals surface area (Å²) in [5.74, 6) is -1.00. The van der Waals surface area contributed by atoms with E-state index >= 15 is 0 Å². The Hall–Kier alpha value is -1.94. The summed E-state index contributed by atoms with van der Waals surface area (Å²) in [5, 5.41) is 9.27. The summed E-state index contributed by atoms with van der Waals surface area (Å²) in [5.41, 5.74) is -0.595. The normalized spacial score (nSPS) is 24.8.